The predicted molar refractivity (Wildman–Crippen MR) is 88.8 cm³/mol. The molecule has 0 bridgehead atoms. The molecule has 1 N–H and O–H groups in total. The van der Waals surface area contributed by atoms with Crippen molar-refractivity contribution in [1.82, 2.24) is 0 Å². The molecule has 21 heavy (non-hydrogen) atoms. The van der Waals surface area contributed by atoms with Crippen LogP contribution in [0.4, 0.5) is 0 Å². The van der Waals surface area contributed by atoms with Gasteiger partial charge in [0.05, 0.1) is 5.56 Å². The standard InChI is InChI=1S/C17H14O2S2/c1-10-7-8-11(2)16-15(10)14(9-20-16)21-13-6-4-3-5-12(13)17(18)19/h3-9H,1-2H3,(H,18,19). The van der Waals surface area contributed by atoms with Gasteiger partial charge < -0.3 is 5.11 Å². The first-order valence-corrected chi connectivity index (χ1v) is 8.25. The molecule has 1 heterocycles. The zero-order chi connectivity index (χ0) is 15.0. The quantitative estimate of drug-likeness (QED) is 0.706. The third-order valence-electron chi connectivity index (χ3n) is 3.43. The minimum Gasteiger partial charge on any atom is -0.478 e. The highest BCUT2D eigenvalue weighted by atomic mass is 32.2. The maximum Gasteiger partial charge on any atom is 0.336 e. The van der Waals surface area contributed by atoms with E-state index in [1.165, 1.54) is 33.0 Å². The molecule has 0 saturated heterocycles. The lowest BCUT2D eigenvalue weighted by Gasteiger charge is -2.06. The van der Waals surface area contributed by atoms with Gasteiger partial charge in [-0.25, -0.2) is 4.79 Å². The molecule has 3 rings (SSSR count). The number of rotatable bonds is 3. The van der Waals surface area contributed by atoms with Crippen LogP contribution < -0.4 is 0 Å². The van der Waals surface area contributed by atoms with E-state index in [1.807, 2.05) is 12.1 Å². The van der Waals surface area contributed by atoms with E-state index >= 15 is 0 Å². The van der Waals surface area contributed by atoms with Crippen molar-refractivity contribution in [2.75, 3.05) is 0 Å². The van der Waals surface area contributed by atoms with Crippen LogP contribution in [0.3, 0.4) is 0 Å². The molecule has 0 radical (unpaired) electrons. The summed E-state index contributed by atoms with van der Waals surface area (Å²) in [5.74, 6) is -0.884. The highest BCUT2D eigenvalue weighted by molar-refractivity contribution is 7.99. The minimum atomic E-state index is -0.884. The molecular weight excluding hydrogens is 300 g/mol. The van der Waals surface area contributed by atoms with Crippen LogP contribution in [0, 0.1) is 13.8 Å². The Morgan fingerprint density at radius 1 is 1.05 bits per heavy atom. The number of carboxylic acid groups (broad SMARTS) is 1. The smallest absolute Gasteiger partial charge is 0.336 e. The Kier molecular flexibility index (Phi) is 3.74. The molecule has 2 aromatic carbocycles. The third-order valence-corrected chi connectivity index (χ3v) is 5.81. The SMILES string of the molecule is Cc1ccc(C)c2c(Sc3ccccc3C(=O)O)csc12. The predicted octanol–water partition coefficient (Wildman–Crippen LogP) is 5.37. The normalized spacial score (nSPS) is 11.0. The molecule has 0 unspecified atom stereocenters. The number of aryl methyl sites for hydroxylation is 2. The van der Waals surface area contributed by atoms with Crippen molar-refractivity contribution >= 4 is 39.2 Å². The van der Waals surface area contributed by atoms with Gasteiger partial charge in [0.1, 0.15) is 0 Å². The zero-order valence-corrected chi connectivity index (χ0v) is 13.3. The fraction of sp³-hybridized carbons (Fsp3) is 0.118. The number of benzene rings is 2. The van der Waals surface area contributed by atoms with Gasteiger partial charge >= 0.3 is 5.97 Å². The van der Waals surface area contributed by atoms with Gasteiger partial charge in [-0.2, -0.15) is 0 Å². The van der Waals surface area contributed by atoms with Crippen LogP contribution in [0.1, 0.15) is 21.5 Å². The summed E-state index contributed by atoms with van der Waals surface area (Å²) in [5, 5.41) is 12.7. The lowest BCUT2D eigenvalue weighted by Crippen LogP contribution is -1.97. The van der Waals surface area contributed by atoms with Crippen molar-refractivity contribution < 1.29 is 9.90 Å². The van der Waals surface area contributed by atoms with Crippen LogP contribution in [0.5, 0.6) is 0 Å². The fourth-order valence-corrected chi connectivity index (χ4v) is 4.74. The van der Waals surface area contributed by atoms with E-state index < -0.39 is 5.97 Å². The summed E-state index contributed by atoms with van der Waals surface area (Å²) in [7, 11) is 0. The molecule has 0 amide bonds. The first kappa shape index (κ1) is 14.2. The van der Waals surface area contributed by atoms with E-state index in [9.17, 15) is 9.90 Å². The van der Waals surface area contributed by atoms with Gasteiger partial charge in [-0.3, -0.25) is 0 Å². The van der Waals surface area contributed by atoms with Gasteiger partial charge in [-0.1, -0.05) is 36.0 Å². The molecule has 2 nitrogen and oxygen atoms in total. The fourth-order valence-electron chi connectivity index (χ4n) is 2.34. The Labute approximate surface area is 131 Å². The monoisotopic (exact) mass is 314 g/mol. The van der Waals surface area contributed by atoms with Gasteiger partial charge in [0.15, 0.2) is 0 Å². The molecule has 0 saturated carbocycles. The second kappa shape index (κ2) is 5.54. The van der Waals surface area contributed by atoms with Gasteiger partial charge in [0.2, 0.25) is 0 Å². The Hall–Kier alpha value is -1.78. The van der Waals surface area contributed by atoms with Crippen LogP contribution in [0.2, 0.25) is 0 Å². The Morgan fingerprint density at radius 3 is 2.52 bits per heavy atom. The highest BCUT2D eigenvalue weighted by Crippen LogP contribution is 2.41. The minimum absolute atomic E-state index is 0.354. The van der Waals surface area contributed by atoms with E-state index in [1.54, 1.807) is 23.5 Å². The molecule has 0 aliphatic rings. The average Bonchev–Trinajstić information content (AvgIpc) is 2.88. The lowest BCUT2D eigenvalue weighted by molar-refractivity contribution is 0.0693. The van der Waals surface area contributed by atoms with Gasteiger partial charge in [0.25, 0.3) is 0 Å². The number of carbonyl (C=O) groups is 1. The number of fused-ring (bicyclic) bond motifs is 1. The molecule has 106 valence electrons. The number of hydrogen-bond donors (Lipinski definition) is 1. The summed E-state index contributed by atoms with van der Waals surface area (Å²) in [6.07, 6.45) is 0. The largest absolute Gasteiger partial charge is 0.478 e. The van der Waals surface area contributed by atoms with Crippen LogP contribution in [-0.4, -0.2) is 11.1 Å². The Bertz CT molecular complexity index is 834. The molecule has 0 atom stereocenters. The maximum absolute atomic E-state index is 11.3. The number of carboxylic acids is 1. The molecular formula is C17H14O2S2. The second-order valence-corrected chi connectivity index (χ2v) is 6.87. The molecule has 0 fully saturated rings. The highest BCUT2D eigenvalue weighted by Gasteiger charge is 2.14. The third kappa shape index (κ3) is 2.57. The summed E-state index contributed by atoms with van der Waals surface area (Å²) < 4.78 is 1.28. The summed E-state index contributed by atoms with van der Waals surface area (Å²) in [6, 6.07) is 11.4. The summed E-state index contributed by atoms with van der Waals surface area (Å²) in [5.41, 5.74) is 2.85. The second-order valence-electron chi connectivity index (χ2n) is 4.91. The van der Waals surface area contributed by atoms with Gasteiger partial charge in [0, 0.05) is 25.3 Å². The summed E-state index contributed by atoms with van der Waals surface area (Å²) in [4.78, 5) is 13.2. The number of thiophene rings is 1. The molecule has 0 aliphatic carbocycles. The van der Waals surface area contributed by atoms with Gasteiger partial charge in [-0.05, 0) is 37.1 Å². The average molecular weight is 314 g/mol. The Balaban J connectivity index is 2.12. The van der Waals surface area contributed by atoms with Crippen LogP contribution in [0.15, 0.2) is 51.6 Å². The summed E-state index contributed by atoms with van der Waals surface area (Å²) in [6.45, 7) is 4.21. The van der Waals surface area contributed by atoms with E-state index in [2.05, 4.69) is 31.4 Å². The van der Waals surface area contributed by atoms with E-state index in [4.69, 9.17) is 0 Å². The van der Waals surface area contributed by atoms with Crippen molar-refractivity contribution in [3.63, 3.8) is 0 Å². The Morgan fingerprint density at radius 2 is 1.76 bits per heavy atom. The molecule has 0 spiro atoms. The van der Waals surface area contributed by atoms with Crippen LogP contribution in [-0.2, 0) is 0 Å². The first-order chi connectivity index (χ1) is 10.1. The van der Waals surface area contributed by atoms with Crippen molar-refractivity contribution in [2.45, 2.75) is 23.6 Å². The molecule has 0 aliphatic heterocycles. The number of aromatic carboxylic acids is 1. The first-order valence-electron chi connectivity index (χ1n) is 6.55. The van der Waals surface area contributed by atoms with E-state index in [0.29, 0.717) is 5.56 Å². The lowest BCUT2D eigenvalue weighted by atomic mass is 10.1. The van der Waals surface area contributed by atoms with Crippen LogP contribution >= 0.6 is 23.1 Å². The zero-order valence-electron chi connectivity index (χ0n) is 11.7. The molecule has 3 aromatic rings. The van der Waals surface area contributed by atoms with Gasteiger partial charge in [-0.15, -0.1) is 11.3 Å². The maximum atomic E-state index is 11.3. The van der Waals surface area contributed by atoms with Crippen molar-refractivity contribution in [1.29, 1.82) is 0 Å². The summed E-state index contributed by atoms with van der Waals surface area (Å²) >= 11 is 3.25. The molecule has 4 heteroatoms. The number of hydrogen-bond acceptors (Lipinski definition) is 3. The van der Waals surface area contributed by atoms with E-state index in [0.717, 1.165) is 9.79 Å². The topological polar surface area (TPSA) is 37.3 Å². The van der Waals surface area contributed by atoms with Crippen LogP contribution in [0.25, 0.3) is 10.1 Å². The molecule has 1 aromatic heterocycles. The van der Waals surface area contributed by atoms with Crippen molar-refractivity contribution in [3.8, 4) is 0 Å². The van der Waals surface area contributed by atoms with Crippen molar-refractivity contribution in [2.24, 2.45) is 0 Å². The van der Waals surface area contributed by atoms with E-state index in [-0.39, 0.29) is 0 Å². The van der Waals surface area contributed by atoms with Crippen molar-refractivity contribution in [3.05, 3.63) is 58.5 Å².